The number of hydrogen-bond donors (Lipinski definition) is 1. The number of carbonyl (C=O) groups is 1. The number of carboxylic acid groups (broad SMARTS) is 1. The van der Waals surface area contributed by atoms with Gasteiger partial charge in [-0.25, -0.2) is 14.2 Å². The average molecular weight is 281 g/mol. The van der Waals surface area contributed by atoms with Gasteiger partial charge in [0.15, 0.2) is 0 Å². The second-order valence-electron chi connectivity index (χ2n) is 3.80. The minimum absolute atomic E-state index is 0.212. The second kappa shape index (κ2) is 5.36. The zero-order valence-corrected chi connectivity index (χ0v) is 11.3. The normalized spacial score (nSPS) is 10.5. The molecule has 0 saturated heterocycles. The highest BCUT2D eigenvalue weighted by atomic mass is 32.1. The van der Waals surface area contributed by atoms with E-state index in [0.717, 1.165) is 11.3 Å². The molecule has 1 aromatic heterocycles. The van der Waals surface area contributed by atoms with Gasteiger partial charge in [0.1, 0.15) is 21.5 Å². The number of aromatic nitrogens is 1. The summed E-state index contributed by atoms with van der Waals surface area (Å²) >= 11 is 1.07. The van der Waals surface area contributed by atoms with Crippen LogP contribution in [0.3, 0.4) is 0 Å². The molecule has 0 aliphatic rings. The maximum Gasteiger partial charge on any atom is 0.347 e. The van der Waals surface area contributed by atoms with E-state index in [1.54, 1.807) is 0 Å². The van der Waals surface area contributed by atoms with Gasteiger partial charge in [-0.2, -0.15) is 0 Å². The van der Waals surface area contributed by atoms with Crippen LogP contribution in [0.5, 0.6) is 5.75 Å². The molecule has 6 heteroatoms. The zero-order valence-electron chi connectivity index (χ0n) is 10.4. The first-order valence-electron chi connectivity index (χ1n) is 5.63. The molecule has 0 fully saturated rings. The number of carboxylic acids is 1. The molecule has 0 aliphatic heterocycles. The Bertz CT molecular complexity index is 624. The van der Waals surface area contributed by atoms with Crippen molar-refractivity contribution >= 4 is 17.3 Å². The van der Waals surface area contributed by atoms with Crippen LogP contribution in [0.4, 0.5) is 4.39 Å². The number of aryl methyl sites for hydroxylation is 1. The number of methoxy groups -OCH3 is 1. The van der Waals surface area contributed by atoms with E-state index >= 15 is 0 Å². The Hall–Kier alpha value is -1.95. The molecule has 0 amide bonds. The van der Waals surface area contributed by atoms with Crippen LogP contribution >= 0.6 is 11.3 Å². The van der Waals surface area contributed by atoms with Gasteiger partial charge in [0.2, 0.25) is 0 Å². The maximum atomic E-state index is 13.1. The van der Waals surface area contributed by atoms with E-state index in [-0.39, 0.29) is 4.88 Å². The predicted molar refractivity (Wildman–Crippen MR) is 70.4 cm³/mol. The van der Waals surface area contributed by atoms with E-state index in [2.05, 4.69) is 4.98 Å². The second-order valence-corrected chi connectivity index (χ2v) is 4.80. The Morgan fingerprint density at radius 2 is 2.26 bits per heavy atom. The molecule has 2 rings (SSSR count). The quantitative estimate of drug-likeness (QED) is 0.934. The van der Waals surface area contributed by atoms with E-state index in [9.17, 15) is 9.18 Å². The number of nitrogens with zero attached hydrogens (tertiary/aromatic N) is 1. The third kappa shape index (κ3) is 2.58. The monoisotopic (exact) mass is 281 g/mol. The molecular weight excluding hydrogens is 269 g/mol. The van der Waals surface area contributed by atoms with Crippen molar-refractivity contribution in [3.63, 3.8) is 0 Å². The standard InChI is InChI=1S/C13H12FNO3S/c1-3-9-11(13(16)17)19-12(15-9)8-5-4-7(14)6-10(8)18-2/h4-6H,3H2,1-2H3,(H,16,17). The van der Waals surface area contributed by atoms with Crippen molar-refractivity contribution < 1.29 is 19.0 Å². The summed E-state index contributed by atoms with van der Waals surface area (Å²) in [5.41, 5.74) is 1.12. The van der Waals surface area contributed by atoms with E-state index in [1.807, 2.05) is 6.92 Å². The summed E-state index contributed by atoms with van der Waals surface area (Å²) in [6.07, 6.45) is 0.529. The Balaban J connectivity index is 2.56. The van der Waals surface area contributed by atoms with Crippen LogP contribution in [-0.2, 0) is 6.42 Å². The molecule has 1 N–H and O–H groups in total. The van der Waals surface area contributed by atoms with Crippen LogP contribution < -0.4 is 4.74 Å². The molecular formula is C13H12FNO3S. The van der Waals surface area contributed by atoms with Gasteiger partial charge in [-0.15, -0.1) is 11.3 Å². The third-order valence-corrected chi connectivity index (χ3v) is 3.74. The van der Waals surface area contributed by atoms with Gasteiger partial charge < -0.3 is 9.84 Å². The molecule has 0 radical (unpaired) electrons. The summed E-state index contributed by atoms with van der Waals surface area (Å²) in [6, 6.07) is 4.09. The van der Waals surface area contributed by atoms with Crippen molar-refractivity contribution in [2.45, 2.75) is 13.3 Å². The summed E-state index contributed by atoms with van der Waals surface area (Å²) in [5.74, 6) is -1.07. The summed E-state index contributed by atoms with van der Waals surface area (Å²) < 4.78 is 18.2. The molecule has 0 spiro atoms. The van der Waals surface area contributed by atoms with Crippen molar-refractivity contribution in [2.24, 2.45) is 0 Å². The van der Waals surface area contributed by atoms with Gasteiger partial charge in [-0.3, -0.25) is 0 Å². The smallest absolute Gasteiger partial charge is 0.347 e. The highest BCUT2D eigenvalue weighted by Gasteiger charge is 2.19. The average Bonchev–Trinajstić information content (AvgIpc) is 2.82. The van der Waals surface area contributed by atoms with Crippen LogP contribution in [0.1, 0.15) is 22.3 Å². The molecule has 19 heavy (non-hydrogen) atoms. The molecule has 0 unspecified atom stereocenters. The summed E-state index contributed by atoms with van der Waals surface area (Å²) in [4.78, 5) is 15.6. The summed E-state index contributed by atoms with van der Waals surface area (Å²) in [6.45, 7) is 1.84. The molecule has 4 nitrogen and oxygen atoms in total. The van der Waals surface area contributed by atoms with Crippen molar-refractivity contribution in [1.82, 2.24) is 4.98 Å². The van der Waals surface area contributed by atoms with E-state index in [0.29, 0.717) is 28.4 Å². The van der Waals surface area contributed by atoms with Gasteiger partial charge >= 0.3 is 5.97 Å². The topological polar surface area (TPSA) is 59.4 Å². The third-order valence-electron chi connectivity index (χ3n) is 2.62. The number of hydrogen-bond acceptors (Lipinski definition) is 4. The number of thiazole rings is 1. The molecule has 0 saturated carbocycles. The molecule has 0 aliphatic carbocycles. The summed E-state index contributed by atoms with van der Waals surface area (Å²) in [5, 5.41) is 9.63. The Kier molecular flexibility index (Phi) is 3.80. The van der Waals surface area contributed by atoms with E-state index < -0.39 is 11.8 Å². The number of rotatable bonds is 4. The first-order chi connectivity index (χ1) is 9.06. The van der Waals surface area contributed by atoms with Crippen LogP contribution in [-0.4, -0.2) is 23.2 Å². The Morgan fingerprint density at radius 3 is 2.79 bits per heavy atom. The Labute approximate surface area is 113 Å². The van der Waals surface area contributed by atoms with Crippen molar-refractivity contribution in [1.29, 1.82) is 0 Å². The summed E-state index contributed by atoms with van der Waals surface area (Å²) in [7, 11) is 1.44. The molecule has 1 aromatic carbocycles. The van der Waals surface area contributed by atoms with E-state index in [4.69, 9.17) is 9.84 Å². The number of benzene rings is 1. The fraction of sp³-hybridized carbons (Fsp3) is 0.231. The van der Waals surface area contributed by atoms with Gasteiger partial charge in [0.05, 0.1) is 18.4 Å². The lowest BCUT2D eigenvalue weighted by atomic mass is 10.2. The molecule has 0 bridgehead atoms. The van der Waals surface area contributed by atoms with Gasteiger partial charge in [0.25, 0.3) is 0 Å². The van der Waals surface area contributed by atoms with Crippen LogP contribution in [0.15, 0.2) is 18.2 Å². The Morgan fingerprint density at radius 1 is 1.53 bits per heavy atom. The predicted octanol–water partition coefficient (Wildman–Crippen LogP) is 3.22. The number of ether oxygens (including phenoxy) is 1. The van der Waals surface area contributed by atoms with Crippen molar-refractivity contribution in [3.8, 4) is 16.3 Å². The first kappa shape index (κ1) is 13.5. The fourth-order valence-corrected chi connectivity index (χ4v) is 2.74. The SMILES string of the molecule is CCc1nc(-c2ccc(F)cc2OC)sc1C(=O)O. The lowest BCUT2D eigenvalue weighted by Crippen LogP contribution is -1.97. The highest BCUT2D eigenvalue weighted by molar-refractivity contribution is 7.17. The highest BCUT2D eigenvalue weighted by Crippen LogP contribution is 2.35. The maximum absolute atomic E-state index is 13.1. The van der Waals surface area contributed by atoms with Gasteiger partial charge in [0, 0.05) is 6.07 Å². The number of aromatic carboxylic acids is 1. The fourth-order valence-electron chi connectivity index (χ4n) is 1.72. The molecule has 0 atom stereocenters. The van der Waals surface area contributed by atoms with Crippen LogP contribution in [0.25, 0.3) is 10.6 Å². The van der Waals surface area contributed by atoms with Crippen molar-refractivity contribution in [2.75, 3.05) is 7.11 Å². The minimum atomic E-state index is -0.998. The largest absolute Gasteiger partial charge is 0.496 e. The molecule has 100 valence electrons. The van der Waals surface area contributed by atoms with Crippen LogP contribution in [0.2, 0.25) is 0 Å². The van der Waals surface area contributed by atoms with Crippen LogP contribution in [0, 0.1) is 5.82 Å². The van der Waals surface area contributed by atoms with Gasteiger partial charge in [-0.05, 0) is 18.6 Å². The first-order valence-corrected chi connectivity index (χ1v) is 6.45. The minimum Gasteiger partial charge on any atom is -0.496 e. The van der Waals surface area contributed by atoms with Gasteiger partial charge in [-0.1, -0.05) is 6.92 Å². The lowest BCUT2D eigenvalue weighted by Gasteiger charge is -2.05. The zero-order chi connectivity index (χ0) is 14.0. The van der Waals surface area contributed by atoms with E-state index in [1.165, 1.54) is 25.3 Å². The van der Waals surface area contributed by atoms with Crippen molar-refractivity contribution in [3.05, 3.63) is 34.6 Å². The molecule has 1 heterocycles. The molecule has 2 aromatic rings. The lowest BCUT2D eigenvalue weighted by molar-refractivity contribution is 0.0701. The number of halogens is 1.